The summed E-state index contributed by atoms with van der Waals surface area (Å²) in [6.07, 6.45) is 0. The summed E-state index contributed by atoms with van der Waals surface area (Å²) in [4.78, 5) is 12.3. The third-order valence-electron chi connectivity index (χ3n) is 3.03. The standard InChI is InChI=1S/C17H16N2O2/c1-12-6-7-13(2)16(10-12)17(20)19-14-4-3-5-15(11-14)21-9-8-18/h3-7,10-11H,9H2,1-2H3,(H,19,20). The number of nitrogens with one attached hydrogen (secondary N) is 1. The lowest BCUT2D eigenvalue weighted by atomic mass is 10.1. The fourth-order valence-electron chi connectivity index (χ4n) is 1.96. The zero-order valence-corrected chi connectivity index (χ0v) is 12.0. The number of ether oxygens (including phenoxy) is 1. The van der Waals surface area contributed by atoms with Gasteiger partial charge in [-0.15, -0.1) is 0 Å². The number of carbonyl (C=O) groups excluding carboxylic acids is 1. The van der Waals surface area contributed by atoms with E-state index in [1.54, 1.807) is 24.3 Å². The predicted octanol–water partition coefficient (Wildman–Crippen LogP) is 3.46. The van der Waals surface area contributed by atoms with E-state index in [0.717, 1.165) is 11.1 Å². The zero-order valence-electron chi connectivity index (χ0n) is 12.0. The van der Waals surface area contributed by atoms with Gasteiger partial charge in [-0.25, -0.2) is 0 Å². The number of amides is 1. The van der Waals surface area contributed by atoms with Crippen LogP contribution in [0.5, 0.6) is 5.75 Å². The van der Waals surface area contributed by atoms with Gasteiger partial charge in [-0.2, -0.15) is 5.26 Å². The Morgan fingerprint density at radius 1 is 1.24 bits per heavy atom. The van der Waals surface area contributed by atoms with Gasteiger partial charge in [0.25, 0.3) is 5.91 Å². The lowest BCUT2D eigenvalue weighted by Gasteiger charge is -2.10. The fourth-order valence-corrected chi connectivity index (χ4v) is 1.96. The molecule has 2 rings (SSSR count). The number of carbonyl (C=O) groups is 1. The molecule has 2 aromatic rings. The van der Waals surface area contributed by atoms with Crippen molar-refractivity contribution in [3.05, 3.63) is 59.2 Å². The topological polar surface area (TPSA) is 62.1 Å². The molecule has 0 fully saturated rings. The number of anilines is 1. The van der Waals surface area contributed by atoms with Gasteiger partial charge >= 0.3 is 0 Å². The summed E-state index contributed by atoms with van der Waals surface area (Å²) in [7, 11) is 0. The van der Waals surface area contributed by atoms with Gasteiger partial charge in [0.2, 0.25) is 0 Å². The molecule has 0 saturated heterocycles. The molecule has 0 aromatic heterocycles. The Kier molecular flexibility index (Phi) is 4.57. The summed E-state index contributed by atoms with van der Waals surface area (Å²) in [5, 5.41) is 11.3. The van der Waals surface area contributed by atoms with Crippen molar-refractivity contribution < 1.29 is 9.53 Å². The lowest BCUT2D eigenvalue weighted by Crippen LogP contribution is -2.13. The van der Waals surface area contributed by atoms with E-state index >= 15 is 0 Å². The SMILES string of the molecule is Cc1ccc(C)c(C(=O)Nc2cccc(OCC#N)c2)c1. The normalized spacial score (nSPS) is 9.76. The van der Waals surface area contributed by atoms with Gasteiger partial charge in [-0.05, 0) is 37.6 Å². The number of benzene rings is 2. The van der Waals surface area contributed by atoms with Gasteiger partial charge in [0.1, 0.15) is 11.8 Å². The van der Waals surface area contributed by atoms with E-state index in [-0.39, 0.29) is 12.5 Å². The molecule has 4 nitrogen and oxygen atoms in total. The fraction of sp³-hybridized carbons (Fsp3) is 0.176. The first-order valence-corrected chi connectivity index (χ1v) is 6.58. The Hall–Kier alpha value is -2.80. The van der Waals surface area contributed by atoms with Crippen molar-refractivity contribution in [2.45, 2.75) is 13.8 Å². The lowest BCUT2D eigenvalue weighted by molar-refractivity contribution is 0.102. The Morgan fingerprint density at radius 2 is 2.05 bits per heavy atom. The third-order valence-corrected chi connectivity index (χ3v) is 3.03. The summed E-state index contributed by atoms with van der Waals surface area (Å²) in [6, 6.07) is 14.7. The van der Waals surface area contributed by atoms with Gasteiger partial charge in [0.05, 0.1) is 0 Å². The molecule has 0 radical (unpaired) electrons. The summed E-state index contributed by atoms with van der Waals surface area (Å²) in [5.41, 5.74) is 3.25. The third kappa shape index (κ3) is 3.83. The van der Waals surface area contributed by atoms with Gasteiger partial charge < -0.3 is 10.1 Å². The first kappa shape index (κ1) is 14.6. The van der Waals surface area contributed by atoms with Crippen molar-refractivity contribution in [2.24, 2.45) is 0 Å². The molecule has 2 aromatic carbocycles. The molecular formula is C17H16N2O2. The molecule has 4 heteroatoms. The summed E-state index contributed by atoms with van der Waals surface area (Å²) in [6.45, 7) is 3.84. The first-order valence-electron chi connectivity index (χ1n) is 6.58. The van der Waals surface area contributed by atoms with Crippen molar-refractivity contribution in [1.29, 1.82) is 5.26 Å². The van der Waals surface area contributed by atoms with Crippen LogP contribution < -0.4 is 10.1 Å². The Balaban J connectivity index is 2.16. The summed E-state index contributed by atoms with van der Waals surface area (Å²) < 4.78 is 5.21. The second-order valence-electron chi connectivity index (χ2n) is 4.75. The number of nitrogens with zero attached hydrogens (tertiary/aromatic N) is 1. The highest BCUT2D eigenvalue weighted by Gasteiger charge is 2.09. The van der Waals surface area contributed by atoms with E-state index in [4.69, 9.17) is 10.00 Å². The number of nitriles is 1. The van der Waals surface area contributed by atoms with Crippen molar-refractivity contribution in [3.8, 4) is 11.8 Å². The first-order chi connectivity index (χ1) is 10.1. The monoisotopic (exact) mass is 280 g/mol. The number of rotatable bonds is 4. The highest BCUT2D eigenvalue weighted by molar-refractivity contribution is 6.05. The molecule has 0 atom stereocenters. The van der Waals surface area contributed by atoms with Crippen LogP contribution in [-0.2, 0) is 0 Å². The van der Waals surface area contributed by atoms with E-state index in [0.29, 0.717) is 17.0 Å². The van der Waals surface area contributed by atoms with Crippen LogP contribution in [0.4, 0.5) is 5.69 Å². The van der Waals surface area contributed by atoms with Gasteiger partial charge in [0, 0.05) is 17.3 Å². The van der Waals surface area contributed by atoms with E-state index < -0.39 is 0 Å². The average Bonchev–Trinajstić information content (AvgIpc) is 2.48. The van der Waals surface area contributed by atoms with Crippen molar-refractivity contribution >= 4 is 11.6 Å². The van der Waals surface area contributed by atoms with Crippen LogP contribution in [0.3, 0.4) is 0 Å². The maximum Gasteiger partial charge on any atom is 0.255 e. The second-order valence-corrected chi connectivity index (χ2v) is 4.75. The van der Waals surface area contributed by atoms with Crippen LogP contribution in [-0.4, -0.2) is 12.5 Å². The van der Waals surface area contributed by atoms with Crippen molar-refractivity contribution in [3.63, 3.8) is 0 Å². The second kappa shape index (κ2) is 6.58. The van der Waals surface area contributed by atoms with Crippen LogP contribution >= 0.6 is 0 Å². The molecule has 0 unspecified atom stereocenters. The molecule has 0 aliphatic rings. The van der Waals surface area contributed by atoms with E-state index in [9.17, 15) is 4.79 Å². The van der Waals surface area contributed by atoms with Crippen LogP contribution in [0.2, 0.25) is 0 Å². The molecule has 21 heavy (non-hydrogen) atoms. The molecule has 0 saturated carbocycles. The minimum Gasteiger partial charge on any atom is -0.479 e. The maximum absolute atomic E-state index is 12.3. The molecule has 106 valence electrons. The average molecular weight is 280 g/mol. The minimum absolute atomic E-state index is 0.0195. The Labute approximate surface area is 124 Å². The van der Waals surface area contributed by atoms with Gasteiger partial charge in [-0.1, -0.05) is 23.8 Å². The predicted molar refractivity (Wildman–Crippen MR) is 81.4 cm³/mol. The Morgan fingerprint density at radius 3 is 2.81 bits per heavy atom. The molecule has 0 spiro atoms. The van der Waals surface area contributed by atoms with Crippen LogP contribution in [0.1, 0.15) is 21.5 Å². The summed E-state index contributed by atoms with van der Waals surface area (Å²) in [5.74, 6) is 0.393. The number of aryl methyl sites for hydroxylation is 2. The molecule has 0 aliphatic heterocycles. The molecule has 1 amide bonds. The van der Waals surface area contributed by atoms with Crippen molar-refractivity contribution in [2.75, 3.05) is 11.9 Å². The largest absolute Gasteiger partial charge is 0.479 e. The molecular weight excluding hydrogens is 264 g/mol. The van der Waals surface area contributed by atoms with E-state index in [2.05, 4.69) is 5.32 Å². The number of hydrogen-bond donors (Lipinski definition) is 1. The van der Waals surface area contributed by atoms with E-state index in [1.165, 1.54) is 0 Å². The van der Waals surface area contributed by atoms with E-state index in [1.807, 2.05) is 38.1 Å². The molecule has 0 bridgehead atoms. The number of hydrogen-bond acceptors (Lipinski definition) is 3. The van der Waals surface area contributed by atoms with Crippen LogP contribution in [0.25, 0.3) is 0 Å². The maximum atomic E-state index is 12.3. The van der Waals surface area contributed by atoms with Gasteiger partial charge in [0.15, 0.2) is 6.61 Å². The van der Waals surface area contributed by atoms with Crippen molar-refractivity contribution in [1.82, 2.24) is 0 Å². The molecule has 0 heterocycles. The highest BCUT2D eigenvalue weighted by atomic mass is 16.5. The minimum atomic E-state index is -0.159. The smallest absolute Gasteiger partial charge is 0.255 e. The zero-order chi connectivity index (χ0) is 15.2. The van der Waals surface area contributed by atoms with Gasteiger partial charge in [-0.3, -0.25) is 4.79 Å². The Bertz CT molecular complexity index is 702. The molecule has 0 aliphatic carbocycles. The quantitative estimate of drug-likeness (QED) is 0.932. The van der Waals surface area contributed by atoms with Crippen LogP contribution in [0.15, 0.2) is 42.5 Å². The van der Waals surface area contributed by atoms with Crippen LogP contribution in [0, 0.1) is 25.2 Å². The highest BCUT2D eigenvalue weighted by Crippen LogP contribution is 2.19. The molecule has 1 N–H and O–H groups in total. The summed E-state index contributed by atoms with van der Waals surface area (Å²) >= 11 is 0.